The van der Waals surface area contributed by atoms with Crippen LogP contribution in [0.4, 0.5) is 34.1 Å². The van der Waals surface area contributed by atoms with E-state index in [0.29, 0.717) is 0 Å². The zero-order chi connectivity index (χ0) is 74.1. The van der Waals surface area contributed by atoms with E-state index in [2.05, 4.69) is 448 Å². The summed E-state index contributed by atoms with van der Waals surface area (Å²) in [5.74, 6) is 0. The van der Waals surface area contributed by atoms with E-state index in [1.807, 2.05) is 6.07 Å². The van der Waals surface area contributed by atoms with Crippen molar-refractivity contribution in [2.75, 3.05) is 9.80 Å². The summed E-state index contributed by atoms with van der Waals surface area (Å²) in [6, 6.07) is 145. The molecule has 1 fully saturated rings. The Bertz CT molecular complexity index is 6030. The fourth-order valence-corrected chi connectivity index (χ4v) is 18.4. The number of benzene rings is 16. The first-order valence-electron chi connectivity index (χ1n) is 38.1. The highest BCUT2D eigenvalue weighted by molar-refractivity contribution is 9.10. The third kappa shape index (κ3) is 11.2. The average molecular weight is 1480 g/mol. The second-order valence-electron chi connectivity index (χ2n) is 30.1. The smallest absolute Gasteiger partial charge is 0.399 e. The van der Waals surface area contributed by atoms with Crippen LogP contribution in [0.5, 0.6) is 0 Å². The Hall–Kier alpha value is -12.4. The second kappa shape index (κ2) is 27.7. The Kier molecular flexibility index (Phi) is 17.1. The lowest BCUT2D eigenvalue weighted by Gasteiger charge is -2.32. The first-order chi connectivity index (χ1) is 54.0. The maximum absolute atomic E-state index is 6.35. The minimum atomic E-state index is -0.410. The molecule has 0 unspecified atom stereocenters. The molecule has 2 spiro atoms. The van der Waals surface area contributed by atoms with E-state index >= 15 is 0 Å². The lowest BCUT2D eigenvalue weighted by Crippen LogP contribution is -2.41. The van der Waals surface area contributed by atoms with Gasteiger partial charge in [0, 0.05) is 38.3 Å². The number of hydrogen-bond donors (Lipinski definition) is 0. The number of hydrogen-bond acceptors (Lipinski definition) is 4. The van der Waals surface area contributed by atoms with Crippen LogP contribution < -0.4 is 15.3 Å². The number of fused-ring (bicyclic) bond motifs is 20. The van der Waals surface area contributed by atoms with Gasteiger partial charge in [-0.05, 0) is 223 Å². The Morgan fingerprint density at radius 1 is 0.227 bits per heavy atom. The van der Waals surface area contributed by atoms with Crippen molar-refractivity contribution in [2.24, 2.45) is 0 Å². The predicted molar refractivity (Wildman–Crippen MR) is 461 cm³/mol. The summed E-state index contributed by atoms with van der Waals surface area (Å²) >= 11 is 3.72. The zero-order valence-corrected chi connectivity index (χ0v) is 63.4. The van der Waals surface area contributed by atoms with Crippen LogP contribution in [0.1, 0.15) is 72.2 Å². The average Bonchev–Trinajstić information content (AvgIpc) is 1.52. The van der Waals surface area contributed by atoms with Gasteiger partial charge in [-0.2, -0.15) is 0 Å². The Labute approximate surface area is 654 Å². The van der Waals surface area contributed by atoms with E-state index in [1.165, 1.54) is 122 Å². The van der Waals surface area contributed by atoms with Crippen molar-refractivity contribution in [2.45, 2.75) is 49.7 Å². The minimum absolute atomic E-state index is 0.219. The Morgan fingerprint density at radius 3 is 0.927 bits per heavy atom. The van der Waals surface area contributed by atoms with Crippen molar-refractivity contribution in [1.29, 1.82) is 0 Å². The van der Waals surface area contributed by atoms with Crippen LogP contribution in [-0.2, 0) is 20.1 Å². The van der Waals surface area contributed by atoms with Gasteiger partial charge in [-0.3, -0.25) is 0 Å². The van der Waals surface area contributed by atoms with E-state index in [0.717, 1.165) is 44.1 Å². The first kappa shape index (κ1) is 68.1. The standard InChI is InChI=1S/C49H33N.C30H30BNO2.C25H15Br/c1-3-16-34(17-4-1)39-22-10-14-29-48(39)50(37-19-5-2-6-20-37)38-21-15-18-35(32-38)36-30-31-43-42-25-9-13-28-46(42)49(47(43)33-36)44-26-11-7-23-40(44)41-24-8-12-27-45(41)49;1-29(2)30(3,4)34-31(33-29)24-16-13-19-26(22-24)32(25-17-9-6-10-18-25)28-21-12-11-20-27(28)23-14-7-5-8-15-23;26-16-13-14-20-19-9-3-6-12-23(19)25(24(20)15-16)21-10-4-1-7-17(21)18-8-2-5-11-22(18)25/h1-33H;5-22H,1-4H3;1-15H. The van der Waals surface area contributed by atoms with Gasteiger partial charge in [-0.25, -0.2) is 0 Å². The molecule has 16 aromatic rings. The fourth-order valence-electron chi connectivity index (χ4n) is 18.0. The third-order valence-electron chi connectivity index (χ3n) is 23.5. The predicted octanol–water partition coefficient (Wildman–Crippen LogP) is 26.7. The van der Waals surface area contributed by atoms with Crippen LogP contribution in [-0.4, -0.2) is 18.3 Å². The summed E-state index contributed by atoms with van der Waals surface area (Å²) in [6.45, 7) is 8.35. The van der Waals surface area contributed by atoms with Gasteiger partial charge in [0.25, 0.3) is 0 Å². The van der Waals surface area contributed by atoms with E-state index < -0.39 is 7.12 Å². The van der Waals surface area contributed by atoms with Crippen molar-refractivity contribution >= 4 is 62.6 Å². The Morgan fingerprint density at radius 2 is 0.518 bits per heavy atom. The van der Waals surface area contributed by atoms with Crippen LogP contribution in [0.25, 0.3) is 77.9 Å². The molecule has 0 aromatic heterocycles. The topological polar surface area (TPSA) is 24.9 Å². The van der Waals surface area contributed by atoms with E-state index in [-0.39, 0.29) is 22.0 Å². The van der Waals surface area contributed by atoms with Gasteiger partial charge in [0.15, 0.2) is 0 Å². The summed E-state index contributed by atoms with van der Waals surface area (Å²) in [5.41, 5.74) is 35.2. The third-order valence-corrected chi connectivity index (χ3v) is 24.0. The number of nitrogens with zero attached hydrogens (tertiary/aromatic N) is 2. The number of rotatable bonds is 10. The summed E-state index contributed by atoms with van der Waals surface area (Å²) in [7, 11) is -0.410. The van der Waals surface area contributed by atoms with Gasteiger partial charge >= 0.3 is 7.12 Å². The van der Waals surface area contributed by atoms with Crippen LogP contribution in [0.15, 0.2) is 405 Å². The summed E-state index contributed by atoms with van der Waals surface area (Å²) in [5, 5.41) is 0. The molecule has 21 rings (SSSR count). The monoisotopic (exact) mass is 1480 g/mol. The van der Waals surface area contributed by atoms with Gasteiger partial charge < -0.3 is 19.1 Å². The van der Waals surface area contributed by atoms with Crippen LogP contribution in [0, 0.1) is 0 Å². The van der Waals surface area contributed by atoms with Crippen molar-refractivity contribution in [3.05, 3.63) is 449 Å². The zero-order valence-electron chi connectivity index (χ0n) is 61.8. The molecule has 4 aliphatic carbocycles. The molecule has 0 bridgehead atoms. The van der Waals surface area contributed by atoms with Gasteiger partial charge in [0.05, 0.1) is 33.4 Å². The molecule has 110 heavy (non-hydrogen) atoms. The summed E-state index contributed by atoms with van der Waals surface area (Å²) < 4.78 is 13.8. The number of halogens is 1. The van der Waals surface area contributed by atoms with Crippen LogP contribution >= 0.6 is 15.9 Å². The largest absolute Gasteiger partial charge is 0.494 e. The highest BCUT2D eigenvalue weighted by Crippen LogP contribution is 2.65. The van der Waals surface area contributed by atoms with Crippen LogP contribution in [0.3, 0.4) is 0 Å². The molecule has 0 atom stereocenters. The SMILES string of the molecule is Brc1ccc2c(c1)C1(c3ccccc3-c3ccccc31)c1ccccc1-2.CC1(C)OB(c2cccc(N(c3ccccc3)c3ccccc3-c3ccccc3)c2)OC1(C)C.c1ccc(-c2ccccc2N(c2ccccc2)c2cccc(-c3ccc4c(c3)C3(c5ccccc5-c5ccccc53)c3ccccc3-4)c2)cc1. The molecule has 5 aliphatic rings. The maximum Gasteiger partial charge on any atom is 0.494 e. The van der Waals surface area contributed by atoms with Crippen molar-refractivity contribution in [3.8, 4) is 77.9 Å². The highest BCUT2D eigenvalue weighted by atomic mass is 79.9. The summed E-state index contributed by atoms with van der Waals surface area (Å²) in [6.07, 6.45) is 0. The highest BCUT2D eigenvalue weighted by Gasteiger charge is 2.54. The molecule has 1 aliphatic heterocycles. The Balaban J connectivity index is 0.000000119. The van der Waals surface area contributed by atoms with Gasteiger partial charge in [0.2, 0.25) is 0 Å². The second-order valence-corrected chi connectivity index (χ2v) is 31.0. The van der Waals surface area contributed by atoms with Crippen molar-refractivity contribution in [1.82, 2.24) is 0 Å². The molecule has 526 valence electrons. The number of anilines is 6. The molecule has 0 saturated carbocycles. The fraction of sp³-hybridized carbons (Fsp3) is 0.0769. The van der Waals surface area contributed by atoms with Crippen LogP contribution in [0.2, 0.25) is 0 Å². The quantitative estimate of drug-likeness (QED) is 0.127. The van der Waals surface area contributed by atoms with E-state index in [1.54, 1.807) is 0 Å². The molecule has 0 N–H and O–H groups in total. The van der Waals surface area contributed by atoms with Gasteiger partial charge in [0.1, 0.15) is 0 Å². The number of para-hydroxylation sites is 4. The molecule has 0 amide bonds. The van der Waals surface area contributed by atoms with Gasteiger partial charge in [-0.1, -0.05) is 337 Å². The molecule has 1 heterocycles. The molecule has 4 nitrogen and oxygen atoms in total. The van der Waals surface area contributed by atoms with Crippen molar-refractivity contribution < 1.29 is 9.31 Å². The first-order valence-corrected chi connectivity index (χ1v) is 38.9. The molecular formula is C104H78BBrN2O2. The van der Waals surface area contributed by atoms with Gasteiger partial charge in [-0.15, -0.1) is 0 Å². The molecule has 1 saturated heterocycles. The lowest BCUT2D eigenvalue weighted by molar-refractivity contribution is 0.00578. The minimum Gasteiger partial charge on any atom is -0.399 e. The molecule has 6 heteroatoms. The summed E-state index contributed by atoms with van der Waals surface area (Å²) in [4.78, 5) is 4.69. The normalized spacial score (nSPS) is 14.4. The van der Waals surface area contributed by atoms with Crippen molar-refractivity contribution in [3.63, 3.8) is 0 Å². The maximum atomic E-state index is 6.35. The van der Waals surface area contributed by atoms with E-state index in [9.17, 15) is 0 Å². The molecule has 16 aromatic carbocycles. The van der Waals surface area contributed by atoms with E-state index in [4.69, 9.17) is 9.31 Å². The lowest BCUT2D eigenvalue weighted by atomic mass is 9.70. The molecular weight excluding hydrogens is 1400 g/mol. The molecule has 0 radical (unpaired) electrons.